The molecule has 0 spiro atoms. The first kappa shape index (κ1) is 15.0. The van der Waals surface area contributed by atoms with Crippen molar-refractivity contribution in [3.8, 4) is 0 Å². The zero-order chi connectivity index (χ0) is 13.3. The van der Waals surface area contributed by atoms with Gasteiger partial charge in [-0.3, -0.25) is 4.57 Å². The van der Waals surface area contributed by atoms with E-state index in [1.807, 2.05) is 0 Å². The van der Waals surface area contributed by atoms with Crippen LogP contribution >= 0.6 is 7.60 Å². The molecule has 9 nitrogen and oxygen atoms in total. The van der Waals surface area contributed by atoms with E-state index in [-0.39, 0.29) is 0 Å². The van der Waals surface area contributed by atoms with E-state index in [9.17, 15) is 14.8 Å². The Morgan fingerprint density at radius 1 is 1.35 bits per heavy atom. The molecule has 10 heteroatoms. The molecule has 102 valence electrons. The minimum atomic E-state index is -4.49. The van der Waals surface area contributed by atoms with Crippen LogP contribution in [0.15, 0.2) is 0 Å². The third kappa shape index (κ3) is 2.84. The van der Waals surface area contributed by atoms with Crippen LogP contribution in [0.1, 0.15) is 0 Å². The maximum absolute atomic E-state index is 11.2. The van der Waals surface area contributed by atoms with Gasteiger partial charge in [0, 0.05) is 0 Å². The summed E-state index contributed by atoms with van der Waals surface area (Å²) in [7, 11) is -4.49. The molecular formula is C7H15O9P. The fourth-order valence-corrected chi connectivity index (χ4v) is 2.88. The number of aliphatic hydroxyl groups excluding tert-OH is 4. The van der Waals surface area contributed by atoms with Crippen molar-refractivity contribution in [3.63, 3.8) is 0 Å². The smallest absolute Gasteiger partial charge is 0.358 e. The Labute approximate surface area is 96.3 Å². The van der Waals surface area contributed by atoms with Crippen molar-refractivity contribution in [2.24, 2.45) is 0 Å². The maximum atomic E-state index is 11.2. The standard InChI is InChI=1S/C7H15O9P/c8-1-4-5(10)6(11)7(2-9,15-4)3-17(13,14)16-12/h4-6,8-12H,1-3H2,(H,13,14)/t4-,5-,6+,7-/m1/s1. The summed E-state index contributed by atoms with van der Waals surface area (Å²) in [6.07, 6.45) is -5.34. The Hall–Kier alpha value is -0.0900. The van der Waals surface area contributed by atoms with E-state index < -0.39 is 50.9 Å². The predicted molar refractivity (Wildman–Crippen MR) is 52.2 cm³/mol. The lowest BCUT2D eigenvalue weighted by atomic mass is 9.97. The number of rotatable bonds is 5. The molecule has 0 aromatic heterocycles. The Bertz CT molecular complexity index is 310. The summed E-state index contributed by atoms with van der Waals surface area (Å²) in [6, 6.07) is 0. The number of ether oxygens (including phenoxy) is 1. The molecule has 0 saturated carbocycles. The molecule has 1 unspecified atom stereocenters. The molecule has 17 heavy (non-hydrogen) atoms. The van der Waals surface area contributed by atoms with E-state index in [2.05, 4.69) is 4.67 Å². The van der Waals surface area contributed by atoms with Gasteiger partial charge in [-0.1, -0.05) is 0 Å². The second-order valence-corrected chi connectivity index (χ2v) is 5.63. The summed E-state index contributed by atoms with van der Waals surface area (Å²) >= 11 is 0. The summed E-state index contributed by atoms with van der Waals surface area (Å²) in [6.45, 7) is -1.54. The fraction of sp³-hybridized carbons (Fsp3) is 1.00. The highest BCUT2D eigenvalue weighted by Gasteiger charge is 2.56. The second kappa shape index (κ2) is 5.27. The summed E-state index contributed by atoms with van der Waals surface area (Å²) in [4.78, 5) is 9.08. The van der Waals surface area contributed by atoms with Crippen LogP contribution in [0.5, 0.6) is 0 Å². The van der Waals surface area contributed by atoms with Crippen LogP contribution in [0, 0.1) is 0 Å². The Balaban J connectivity index is 2.94. The largest absolute Gasteiger partial charge is 0.394 e. The van der Waals surface area contributed by atoms with Crippen molar-refractivity contribution in [2.75, 3.05) is 19.4 Å². The highest BCUT2D eigenvalue weighted by molar-refractivity contribution is 7.52. The van der Waals surface area contributed by atoms with Crippen LogP contribution in [0.3, 0.4) is 0 Å². The van der Waals surface area contributed by atoms with Gasteiger partial charge in [-0.2, -0.15) is 4.67 Å². The zero-order valence-corrected chi connectivity index (χ0v) is 9.60. The van der Waals surface area contributed by atoms with Gasteiger partial charge in [-0.15, -0.1) is 0 Å². The van der Waals surface area contributed by atoms with Gasteiger partial charge >= 0.3 is 7.60 Å². The molecule has 0 aliphatic carbocycles. The molecule has 1 heterocycles. The van der Waals surface area contributed by atoms with Crippen molar-refractivity contribution in [2.45, 2.75) is 23.9 Å². The molecule has 1 saturated heterocycles. The first-order chi connectivity index (χ1) is 7.82. The van der Waals surface area contributed by atoms with Gasteiger partial charge in [0.25, 0.3) is 0 Å². The van der Waals surface area contributed by atoms with Gasteiger partial charge in [0.1, 0.15) is 23.9 Å². The van der Waals surface area contributed by atoms with E-state index in [0.29, 0.717) is 0 Å². The van der Waals surface area contributed by atoms with Crippen LogP contribution in [-0.4, -0.2) is 73.9 Å². The Morgan fingerprint density at radius 2 is 1.94 bits per heavy atom. The summed E-state index contributed by atoms with van der Waals surface area (Å²) in [5.41, 5.74) is -1.97. The number of hydrogen-bond donors (Lipinski definition) is 6. The maximum Gasteiger partial charge on any atom is 0.358 e. The minimum Gasteiger partial charge on any atom is -0.394 e. The molecule has 5 atom stereocenters. The first-order valence-corrected chi connectivity index (χ1v) is 6.49. The van der Waals surface area contributed by atoms with Crippen molar-refractivity contribution in [1.82, 2.24) is 0 Å². The second-order valence-electron chi connectivity index (χ2n) is 3.87. The predicted octanol–water partition coefficient (Wildman–Crippen LogP) is -2.49. The lowest BCUT2D eigenvalue weighted by Gasteiger charge is -2.30. The normalized spacial score (nSPS) is 41.4. The summed E-state index contributed by atoms with van der Waals surface area (Å²) in [5, 5.41) is 45.3. The number of hydrogen-bond acceptors (Lipinski definition) is 8. The lowest BCUT2D eigenvalue weighted by molar-refractivity contribution is -0.154. The molecule has 1 aliphatic rings. The molecule has 0 radical (unpaired) electrons. The highest BCUT2D eigenvalue weighted by atomic mass is 31.2. The van der Waals surface area contributed by atoms with Gasteiger partial charge in [0.15, 0.2) is 0 Å². The van der Waals surface area contributed by atoms with Crippen LogP contribution in [0.2, 0.25) is 0 Å². The van der Waals surface area contributed by atoms with E-state index >= 15 is 0 Å². The van der Waals surface area contributed by atoms with Gasteiger partial charge in [-0.05, 0) is 0 Å². The highest BCUT2D eigenvalue weighted by Crippen LogP contribution is 2.48. The Kier molecular flexibility index (Phi) is 4.64. The fourth-order valence-electron chi connectivity index (χ4n) is 1.78. The van der Waals surface area contributed by atoms with Gasteiger partial charge in [-0.25, -0.2) is 5.26 Å². The van der Waals surface area contributed by atoms with E-state index in [1.165, 1.54) is 0 Å². The van der Waals surface area contributed by atoms with Crippen LogP contribution in [-0.2, 0) is 14.0 Å². The monoisotopic (exact) mass is 274 g/mol. The van der Waals surface area contributed by atoms with E-state index in [4.69, 9.17) is 25.1 Å². The lowest BCUT2D eigenvalue weighted by Crippen LogP contribution is -2.49. The third-order valence-corrected chi connectivity index (χ3v) is 3.86. The van der Waals surface area contributed by atoms with Crippen molar-refractivity contribution in [1.29, 1.82) is 0 Å². The molecule has 1 aliphatic heterocycles. The van der Waals surface area contributed by atoms with E-state index in [0.717, 1.165) is 0 Å². The quantitative estimate of drug-likeness (QED) is 0.181. The molecule has 1 rings (SSSR count). The molecule has 0 amide bonds. The average Bonchev–Trinajstić information content (AvgIpc) is 2.54. The van der Waals surface area contributed by atoms with Gasteiger partial charge < -0.3 is 30.1 Å². The third-order valence-electron chi connectivity index (χ3n) is 2.67. The molecule has 1 fully saturated rings. The van der Waals surface area contributed by atoms with Crippen LogP contribution < -0.4 is 0 Å². The van der Waals surface area contributed by atoms with Crippen LogP contribution in [0.4, 0.5) is 0 Å². The SMILES string of the molecule is O=P(O)(C[C@@]1(CO)O[C@H](CO)[C@@H](O)[C@@H]1O)OO. The van der Waals surface area contributed by atoms with Crippen molar-refractivity contribution in [3.05, 3.63) is 0 Å². The van der Waals surface area contributed by atoms with E-state index in [1.54, 1.807) is 0 Å². The van der Waals surface area contributed by atoms with Crippen molar-refractivity contribution < 1.29 is 44.6 Å². The number of aliphatic hydroxyl groups is 4. The van der Waals surface area contributed by atoms with Gasteiger partial charge in [0.2, 0.25) is 0 Å². The summed E-state index contributed by atoms with van der Waals surface area (Å²) in [5.74, 6) is 0. The average molecular weight is 274 g/mol. The van der Waals surface area contributed by atoms with Crippen LogP contribution in [0.25, 0.3) is 0 Å². The Morgan fingerprint density at radius 3 is 2.29 bits per heavy atom. The zero-order valence-electron chi connectivity index (χ0n) is 8.71. The molecule has 0 bridgehead atoms. The first-order valence-electron chi connectivity index (χ1n) is 4.72. The van der Waals surface area contributed by atoms with Crippen molar-refractivity contribution >= 4 is 7.60 Å². The molecule has 0 aromatic rings. The molecular weight excluding hydrogens is 259 g/mol. The molecule has 0 aromatic carbocycles. The molecule has 6 N–H and O–H groups in total. The topological polar surface area (TPSA) is 157 Å². The van der Waals surface area contributed by atoms with Gasteiger partial charge in [0.05, 0.1) is 19.4 Å². The summed E-state index contributed by atoms with van der Waals surface area (Å²) < 4.78 is 19.5. The minimum absolute atomic E-state index is 0.643.